The van der Waals surface area contributed by atoms with Crippen molar-refractivity contribution in [2.24, 2.45) is 0 Å². The minimum absolute atomic E-state index is 0.434. The fraction of sp³-hybridized carbons (Fsp3) is 0.273. The molecule has 0 bridgehead atoms. The van der Waals surface area contributed by atoms with Gasteiger partial charge >= 0.3 is 0 Å². The smallest absolute Gasteiger partial charge is 0.249 e. The van der Waals surface area contributed by atoms with Crippen molar-refractivity contribution in [3.63, 3.8) is 0 Å². The number of halogens is 2. The molecule has 0 spiro atoms. The first-order valence-corrected chi connectivity index (χ1v) is 6.37. The van der Waals surface area contributed by atoms with E-state index in [-0.39, 0.29) is 0 Å². The third-order valence-electron chi connectivity index (χ3n) is 2.18. The third kappa shape index (κ3) is 2.86. The molecule has 0 saturated heterocycles. The van der Waals surface area contributed by atoms with Crippen molar-refractivity contribution >= 4 is 27.5 Å². The summed E-state index contributed by atoms with van der Waals surface area (Å²) in [6.07, 6.45) is 0. The van der Waals surface area contributed by atoms with Gasteiger partial charge in [0, 0.05) is 4.47 Å². The van der Waals surface area contributed by atoms with Crippen molar-refractivity contribution < 1.29 is 4.42 Å². The molecule has 4 nitrogen and oxygen atoms in total. The maximum Gasteiger partial charge on any atom is 0.249 e. The molecule has 1 N–H and O–H groups in total. The van der Waals surface area contributed by atoms with E-state index in [0.717, 1.165) is 16.6 Å². The fourth-order valence-electron chi connectivity index (χ4n) is 1.33. The van der Waals surface area contributed by atoms with Crippen molar-refractivity contribution in [3.8, 4) is 11.5 Å². The molecule has 2 aromatic rings. The van der Waals surface area contributed by atoms with Crippen LogP contribution in [0.4, 0.5) is 0 Å². The predicted molar refractivity (Wildman–Crippen MR) is 69.8 cm³/mol. The lowest BCUT2D eigenvalue weighted by Crippen LogP contribution is -2.11. The number of hydrogen-bond acceptors (Lipinski definition) is 4. The van der Waals surface area contributed by atoms with Crippen LogP contribution in [0, 0.1) is 0 Å². The van der Waals surface area contributed by atoms with E-state index in [1.165, 1.54) is 0 Å². The van der Waals surface area contributed by atoms with E-state index in [9.17, 15) is 0 Å². The summed E-state index contributed by atoms with van der Waals surface area (Å²) in [4.78, 5) is 0. The van der Waals surface area contributed by atoms with Gasteiger partial charge in [0.15, 0.2) is 0 Å². The number of nitrogens with one attached hydrogen (secondary N) is 1. The van der Waals surface area contributed by atoms with Gasteiger partial charge in [-0.3, -0.25) is 0 Å². The van der Waals surface area contributed by atoms with Crippen LogP contribution in [0.15, 0.2) is 27.1 Å². The quantitative estimate of drug-likeness (QED) is 0.940. The van der Waals surface area contributed by atoms with Crippen LogP contribution >= 0.6 is 27.5 Å². The molecule has 0 fully saturated rings. The molecule has 2 rings (SSSR count). The molecule has 0 amide bonds. The second-order valence-electron chi connectivity index (χ2n) is 3.38. The summed E-state index contributed by atoms with van der Waals surface area (Å²) in [6, 6.07) is 5.58. The Kier molecular flexibility index (Phi) is 4.15. The molecule has 6 heteroatoms. The van der Waals surface area contributed by atoms with Crippen LogP contribution in [0.5, 0.6) is 0 Å². The highest BCUT2D eigenvalue weighted by atomic mass is 79.9. The van der Waals surface area contributed by atoms with Crippen molar-refractivity contribution in [1.82, 2.24) is 15.5 Å². The SMILES string of the molecule is CCNCc1nnc(-c2cccc(Br)c2Cl)o1. The van der Waals surface area contributed by atoms with Crippen LogP contribution in [0.3, 0.4) is 0 Å². The maximum absolute atomic E-state index is 6.15. The maximum atomic E-state index is 6.15. The molecule has 0 saturated carbocycles. The van der Waals surface area contributed by atoms with Gasteiger partial charge < -0.3 is 9.73 Å². The Morgan fingerprint density at radius 1 is 1.41 bits per heavy atom. The molecule has 0 aliphatic rings. The summed E-state index contributed by atoms with van der Waals surface area (Å²) < 4.78 is 6.33. The number of benzene rings is 1. The summed E-state index contributed by atoms with van der Waals surface area (Å²) in [5.41, 5.74) is 0.733. The van der Waals surface area contributed by atoms with E-state index >= 15 is 0 Å². The molecular formula is C11H11BrClN3O. The van der Waals surface area contributed by atoms with E-state index in [2.05, 4.69) is 31.4 Å². The Labute approximate surface area is 113 Å². The summed E-state index contributed by atoms with van der Waals surface area (Å²) in [5.74, 6) is 0.988. The Morgan fingerprint density at radius 3 is 3.00 bits per heavy atom. The van der Waals surface area contributed by atoms with Gasteiger partial charge in [0.1, 0.15) is 0 Å². The Hall–Kier alpha value is -0.910. The second-order valence-corrected chi connectivity index (χ2v) is 4.61. The number of aromatic nitrogens is 2. The predicted octanol–water partition coefficient (Wildman–Crippen LogP) is 3.26. The van der Waals surface area contributed by atoms with Crippen molar-refractivity contribution in [3.05, 3.63) is 33.6 Å². The largest absolute Gasteiger partial charge is 0.419 e. The summed E-state index contributed by atoms with van der Waals surface area (Å²) in [6.45, 7) is 3.44. The molecule has 0 aliphatic heterocycles. The molecule has 90 valence electrons. The van der Waals surface area contributed by atoms with Crippen LogP contribution in [0.25, 0.3) is 11.5 Å². The molecule has 0 radical (unpaired) electrons. The van der Waals surface area contributed by atoms with Gasteiger partial charge in [0.2, 0.25) is 11.8 Å². The monoisotopic (exact) mass is 315 g/mol. The van der Waals surface area contributed by atoms with Gasteiger partial charge in [-0.15, -0.1) is 10.2 Å². The number of nitrogens with zero attached hydrogens (tertiary/aromatic N) is 2. The topological polar surface area (TPSA) is 51.0 Å². The minimum atomic E-state index is 0.434. The van der Waals surface area contributed by atoms with E-state index in [1.807, 2.05) is 25.1 Å². The van der Waals surface area contributed by atoms with Gasteiger partial charge in [0.05, 0.1) is 17.1 Å². The second kappa shape index (κ2) is 5.62. The molecule has 17 heavy (non-hydrogen) atoms. The average Bonchev–Trinajstić information content (AvgIpc) is 2.78. The molecule has 0 aliphatic carbocycles. The van der Waals surface area contributed by atoms with E-state index in [4.69, 9.17) is 16.0 Å². The lowest BCUT2D eigenvalue weighted by Gasteiger charge is -2.00. The normalized spacial score (nSPS) is 10.8. The first-order chi connectivity index (χ1) is 8.22. The van der Waals surface area contributed by atoms with Gasteiger partial charge in [0.25, 0.3) is 0 Å². The molecule has 1 aromatic heterocycles. The zero-order valence-electron chi connectivity index (χ0n) is 9.20. The van der Waals surface area contributed by atoms with Crippen LogP contribution in [0.2, 0.25) is 5.02 Å². The lowest BCUT2D eigenvalue weighted by molar-refractivity contribution is 0.482. The van der Waals surface area contributed by atoms with E-state index in [1.54, 1.807) is 0 Å². The molecule has 0 unspecified atom stereocenters. The molecule has 0 atom stereocenters. The fourth-order valence-corrected chi connectivity index (χ4v) is 1.91. The zero-order chi connectivity index (χ0) is 12.3. The van der Waals surface area contributed by atoms with Crippen LogP contribution in [-0.4, -0.2) is 16.7 Å². The Morgan fingerprint density at radius 2 is 2.24 bits per heavy atom. The molecular weight excluding hydrogens is 305 g/mol. The first-order valence-electron chi connectivity index (χ1n) is 5.20. The van der Waals surface area contributed by atoms with Crippen LogP contribution < -0.4 is 5.32 Å². The van der Waals surface area contributed by atoms with Crippen LogP contribution in [0.1, 0.15) is 12.8 Å². The van der Waals surface area contributed by atoms with Crippen molar-refractivity contribution in [2.45, 2.75) is 13.5 Å². The van der Waals surface area contributed by atoms with Crippen molar-refractivity contribution in [1.29, 1.82) is 0 Å². The van der Waals surface area contributed by atoms with Gasteiger partial charge in [-0.1, -0.05) is 24.6 Å². The average molecular weight is 317 g/mol. The van der Waals surface area contributed by atoms with Gasteiger partial charge in [-0.2, -0.15) is 0 Å². The van der Waals surface area contributed by atoms with Gasteiger partial charge in [-0.25, -0.2) is 0 Å². The zero-order valence-corrected chi connectivity index (χ0v) is 11.5. The Bertz CT molecular complexity index is 515. The van der Waals surface area contributed by atoms with E-state index < -0.39 is 0 Å². The first kappa shape index (κ1) is 12.5. The summed E-state index contributed by atoms with van der Waals surface area (Å²) >= 11 is 9.51. The Balaban J connectivity index is 2.27. The highest BCUT2D eigenvalue weighted by Crippen LogP contribution is 2.32. The highest BCUT2D eigenvalue weighted by Gasteiger charge is 2.13. The highest BCUT2D eigenvalue weighted by molar-refractivity contribution is 9.10. The van der Waals surface area contributed by atoms with E-state index in [0.29, 0.717) is 23.3 Å². The molecule has 1 aromatic carbocycles. The van der Waals surface area contributed by atoms with Crippen molar-refractivity contribution in [2.75, 3.05) is 6.54 Å². The standard InChI is InChI=1S/C11H11BrClN3O/c1-2-14-6-9-15-16-11(17-9)7-4-3-5-8(12)10(7)13/h3-5,14H,2,6H2,1H3. The minimum Gasteiger partial charge on any atom is -0.419 e. The van der Waals surface area contributed by atoms with Gasteiger partial charge in [-0.05, 0) is 34.6 Å². The lowest BCUT2D eigenvalue weighted by atomic mass is 10.2. The third-order valence-corrected chi connectivity index (χ3v) is 3.47. The number of rotatable bonds is 4. The van der Waals surface area contributed by atoms with Crippen LogP contribution in [-0.2, 0) is 6.54 Å². The summed E-state index contributed by atoms with van der Waals surface area (Å²) in [5, 5.41) is 11.6. The number of hydrogen-bond donors (Lipinski definition) is 1. The summed E-state index contributed by atoms with van der Waals surface area (Å²) in [7, 11) is 0. The molecule has 1 heterocycles.